The number of amides is 1. The Kier molecular flexibility index (Phi) is 3.94. The van der Waals surface area contributed by atoms with Crippen LogP contribution in [0.25, 0.3) is 0 Å². The summed E-state index contributed by atoms with van der Waals surface area (Å²) in [6.07, 6.45) is 4.09. The van der Waals surface area contributed by atoms with Crippen molar-refractivity contribution in [2.75, 3.05) is 0 Å². The van der Waals surface area contributed by atoms with E-state index in [4.69, 9.17) is 4.52 Å². The van der Waals surface area contributed by atoms with Crippen LogP contribution in [0.4, 0.5) is 0 Å². The van der Waals surface area contributed by atoms with Gasteiger partial charge in [0, 0.05) is 12.4 Å². The van der Waals surface area contributed by atoms with Gasteiger partial charge in [-0.1, -0.05) is 12.1 Å². The van der Waals surface area contributed by atoms with Gasteiger partial charge in [-0.25, -0.2) is 0 Å². The highest BCUT2D eigenvalue weighted by Crippen LogP contribution is 2.16. The second-order valence-electron chi connectivity index (χ2n) is 4.39. The standard InChI is InChI=1S/C14H17N3O2/c1-4-12-13(10(3)19-17-12)14(18)16-9(2)11-5-7-15-8-6-11/h5-9H,4H2,1-3H3,(H,16,18)/t9-/m0/s1. The van der Waals surface area contributed by atoms with Crippen molar-refractivity contribution in [2.45, 2.75) is 33.2 Å². The van der Waals surface area contributed by atoms with Crippen molar-refractivity contribution in [1.82, 2.24) is 15.5 Å². The van der Waals surface area contributed by atoms with Gasteiger partial charge in [-0.15, -0.1) is 0 Å². The summed E-state index contributed by atoms with van der Waals surface area (Å²) in [6, 6.07) is 3.67. The van der Waals surface area contributed by atoms with Crippen molar-refractivity contribution >= 4 is 5.91 Å². The normalized spacial score (nSPS) is 12.2. The lowest BCUT2D eigenvalue weighted by Gasteiger charge is -2.13. The molecule has 0 aromatic carbocycles. The van der Waals surface area contributed by atoms with E-state index in [2.05, 4.69) is 15.5 Å². The van der Waals surface area contributed by atoms with Gasteiger partial charge in [-0.3, -0.25) is 9.78 Å². The molecule has 1 amide bonds. The molecular formula is C14H17N3O2. The average Bonchev–Trinajstić information content (AvgIpc) is 2.80. The Morgan fingerprint density at radius 3 is 2.74 bits per heavy atom. The predicted octanol–water partition coefficient (Wildman–Crippen LogP) is 2.43. The van der Waals surface area contributed by atoms with Gasteiger partial charge in [0.1, 0.15) is 11.3 Å². The summed E-state index contributed by atoms with van der Waals surface area (Å²) in [5.74, 6) is 0.399. The molecular weight excluding hydrogens is 242 g/mol. The van der Waals surface area contributed by atoms with Gasteiger partial charge in [-0.2, -0.15) is 0 Å². The molecule has 1 N–H and O–H groups in total. The van der Waals surface area contributed by atoms with E-state index in [1.807, 2.05) is 26.0 Å². The van der Waals surface area contributed by atoms with E-state index in [9.17, 15) is 4.79 Å². The summed E-state index contributed by atoms with van der Waals surface area (Å²) in [5, 5.41) is 6.84. The van der Waals surface area contributed by atoms with Crippen molar-refractivity contribution in [3.63, 3.8) is 0 Å². The van der Waals surface area contributed by atoms with E-state index >= 15 is 0 Å². The molecule has 19 heavy (non-hydrogen) atoms. The fraction of sp³-hybridized carbons (Fsp3) is 0.357. The van der Waals surface area contributed by atoms with Gasteiger partial charge >= 0.3 is 0 Å². The molecule has 0 saturated carbocycles. The Hall–Kier alpha value is -2.17. The number of hydrogen-bond donors (Lipinski definition) is 1. The van der Waals surface area contributed by atoms with Gasteiger partial charge in [0.15, 0.2) is 0 Å². The van der Waals surface area contributed by atoms with Crippen LogP contribution < -0.4 is 5.32 Å². The maximum Gasteiger partial charge on any atom is 0.257 e. The molecule has 0 aliphatic heterocycles. The highest BCUT2D eigenvalue weighted by Gasteiger charge is 2.20. The van der Waals surface area contributed by atoms with E-state index in [1.54, 1.807) is 19.3 Å². The first-order valence-electron chi connectivity index (χ1n) is 6.29. The number of hydrogen-bond acceptors (Lipinski definition) is 4. The SMILES string of the molecule is CCc1noc(C)c1C(=O)N[C@@H](C)c1ccncc1. The van der Waals surface area contributed by atoms with Crippen LogP contribution >= 0.6 is 0 Å². The Balaban J connectivity index is 2.15. The zero-order valence-corrected chi connectivity index (χ0v) is 11.3. The Labute approximate surface area is 112 Å². The molecule has 0 aliphatic rings. The highest BCUT2D eigenvalue weighted by atomic mass is 16.5. The lowest BCUT2D eigenvalue weighted by atomic mass is 10.1. The van der Waals surface area contributed by atoms with Crippen LogP contribution in [-0.4, -0.2) is 16.0 Å². The first-order chi connectivity index (χ1) is 9.13. The zero-order valence-electron chi connectivity index (χ0n) is 11.3. The molecule has 0 unspecified atom stereocenters. The first-order valence-corrected chi connectivity index (χ1v) is 6.29. The number of aromatic nitrogens is 2. The summed E-state index contributed by atoms with van der Waals surface area (Å²) in [6.45, 7) is 5.63. The van der Waals surface area contributed by atoms with Crippen molar-refractivity contribution in [3.05, 3.63) is 47.1 Å². The topological polar surface area (TPSA) is 68.0 Å². The van der Waals surface area contributed by atoms with Crippen LogP contribution in [0.5, 0.6) is 0 Å². The number of carbonyl (C=O) groups excluding carboxylic acids is 1. The zero-order chi connectivity index (χ0) is 13.8. The summed E-state index contributed by atoms with van der Waals surface area (Å²) in [4.78, 5) is 16.2. The number of aryl methyl sites for hydroxylation is 2. The van der Waals surface area contributed by atoms with E-state index < -0.39 is 0 Å². The Morgan fingerprint density at radius 1 is 1.42 bits per heavy atom. The van der Waals surface area contributed by atoms with Gasteiger partial charge < -0.3 is 9.84 Å². The molecule has 2 rings (SSSR count). The molecule has 2 aromatic heterocycles. The molecule has 0 fully saturated rings. The van der Waals surface area contributed by atoms with Crippen LogP contribution in [0, 0.1) is 6.92 Å². The smallest absolute Gasteiger partial charge is 0.257 e. The second-order valence-corrected chi connectivity index (χ2v) is 4.39. The van der Waals surface area contributed by atoms with E-state index in [-0.39, 0.29) is 11.9 Å². The lowest BCUT2D eigenvalue weighted by Crippen LogP contribution is -2.27. The molecule has 100 valence electrons. The summed E-state index contributed by atoms with van der Waals surface area (Å²) < 4.78 is 5.07. The lowest BCUT2D eigenvalue weighted by molar-refractivity contribution is 0.0937. The van der Waals surface area contributed by atoms with Crippen LogP contribution in [0.15, 0.2) is 29.0 Å². The number of nitrogens with one attached hydrogen (secondary N) is 1. The third kappa shape index (κ3) is 2.81. The summed E-state index contributed by atoms with van der Waals surface area (Å²) in [7, 11) is 0. The van der Waals surface area contributed by atoms with Crippen LogP contribution in [-0.2, 0) is 6.42 Å². The van der Waals surface area contributed by atoms with Crippen molar-refractivity contribution in [2.24, 2.45) is 0 Å². The largest absolute Gasteiger partial charge is 0.361 e. The first kappa shape index (κ1) is 13.3. The molecule has 2 aromatic rings. The molecule has 0 aliphatic carbocycles. The minimum atomic E-state index is -0.153. The molecule has 5 nitrogen and oxygen atoms in total. The highest BCUT2D eigenvalue weighted by molar-refractivity contribution is 5.96. The van der Waals surface area contributed by atoms with E-state index in [1.165, 1.54) is 0 Å². The Bertz CT molecular complexity index is 563. The van der Waals surface area contributed by atoms with Crippen LogP contribution in [0.3, 0.4) is 0 Å². The average molecular weight is 259 g/mol. The molecule has 0 spiro atoms. The van der Waals surface area contributed by atoms with Gasteiger partial charge in [0.05, 0.1) is 11.7 Å². The number of pyridine rings is 1. The maximum atomic E-state index is 12.3. The van der Waals surface area contributed by atoms with Crippen molar-refractivity contribution < 1.29 is 9.32 Å². The van der Waals surface area contributed by atoms with Gasteiger partial charge in [0.2, 0.25) is 0 Å². The van der Waals surface area contributed by atoms with Crippen molar-refractivity contribution in [1.29, 1.82) is 0 Å². The number of nitrogens with zero attached hydrogens (tertiary/aromatic N) is 2. The second kappa shape index (κ2) is 5.65. The van der Waals surface area contributed by atoms with E-state index in [0.717, 1.165) is 5.56 Å². The summed E-state index contributed by atoms with van der Waals surface area (Å²) in [5.41, 5.74) is 2.25. The predicted molar refractivity (Wildman–Crippen MR) is 70.7 cm³/mol. The third-order valence-electron chi connectivity index (χ3n) is 3.05. The van der Waals surface area contributed by atoms with Crippen molar-refractivity contribution in [3.8, 4) is 0 Å². The third-order valence-corrected chi connectivity index (χ3v) is 3.05. The molecule has 0 saturated heterocycles. The molecule has 2 heterocycles. The maximum absolute atomic E-state index is 12.3. The Morgan fingerprint density at radius 2 is 2.11 bits per heavy atom. The fourth-order valence-electron chi connectivity index (χ4n) is 1.95. The van der Waals surface area contributed by atoms with Gasteiger partial charge in [-0.05, 0) is 38.0 Å². The minimum absolute atomic E-state index is 0.0884. The van der Waals surface area contributed by atoms with Gasteiger partial charge in [0.25, 0.3) is 5.91 Å². The van der Waals surface area contributed by atoms with Crippen LogP contribution in [0.1, 0.15) is 47.3 Å². The molecule has 5 heteroatoms. The van der Waals surface area contributed by atoms with Crippen LogP contribution in [0.2, 0.25) is 0 Å². The number of carbonyl (C=O) groups is 1. The minimum Gasteiger partial charge on any atom is -0.361 e. The quantitative estimate of drug-likeness (QED) is 0.915. The monoisotopic (exact) mass is 259 g/mol. The molecule has 0 bridgehead atoms. The fourth-order valence-corrected chi connectivity index (χ4v) is 1.95. The van der Waals surface area contributed by atoms with E-state index in [0.29, 0.717) is 23.4 Å². The number of rotatable bonds is 4. The summed E-state index contributed by atoms with van der Waals surface area (Å²) >= 11 is 0. The molecule has 1 atom stereocenters. The molecule has 0 radical (unpaired) electrons.